The highest BCUT2D eigenvalue weighted by atomic mass is 28.4. The molecule has 1 aliphatic rings. The summed E-state index contributed by atoms with van der Waals surface area (Å²) in [7, 11) is -1.85. The Morgan fingerprint density at radius 2 is 1.91 bits per heavy atom. The van der Waals surface area contributed by atoms with E-state index >= 15 is 0 Å². The molecule has 130 valence electrons. The van der Waals surface area contributed by atoms with E-state index in [0.29, 0.717) is 6.42 Å². The minimum Gasteiger partial charge on any atom is -0.409 e. The van der Waals surface area contributed by atoms with Gasteiger partial charge in [-0.2, -0.15) is 0 Å². The fraction of sp³-hybridized carbons (Fsp3) is 0.700. The molecule has 1 N–H and O–H groups in total. The van der Waals surface area contributed by atoms with Gasteiger partial charge in [0.15, 0.2) is 8.32 Å². The first kappa shape index (κ1) is 20.2. The molecule has 0 saturated heterocycles. The van der Waals surface area contributed by atoms with Crippen LogP contribution in [-0.2, 0) is 4.43 Å². The van der Waals surface area contributed by atoms with Crippen LogP contribution < -0.4 is 0 Å². The Bertz CT molecular complexity index is 524. The second-order valence-corrected chi connectivity index (χ2v) is 13.6. The van der Waals surface area contributed by atoms with E-state index < -0.39 is 14.4 Å². The van der Waals surface area contributed by atoms with Gasteiger partial charge >= 0.3 is 0 Å². The SMILES string of the molecule is C/C1=C\CC(C)(C)/C=C/C(O)C#CC[C@H]1O[Si](C)(C)C(C)(C)C. The summed E-state index contributed by atoms with van der Waals surface area (Å²) >= 11 is 0. The standard InChI is InChI=1S/C20H34O2Si/c1-16-12-14-20(5,6)15-13-17(21)10-9-11-18(16)22-23(7,8)19(2,3)4/h12-13,15,17-18,21H,11,14H2,1-8H3/b15-13+,16-12+/t17?,18-/m1/s1. The lowest BCUT2D eigenvalue weighted by atomic mass is 9.87. The van der Waals surface area contributed by atoms with Crippen LogP contribution >= 0.6 is 0 Å². The fourth-order valence-electron chi connectivity index (χ4n) is 2.11. The molecule has 0 heterocycles. The maximum Gasteiger partial charge on any atom is 0.192 e. The zero-order valence-electron chi connectivity index (χ0n) is 16.2. The van der Waals surface area contributed by atoms with Crippen LogP contribution in [0.3, 0.4) is 0 Å². The van der Waals surface area contributed by atoms with E-state index in [1.54, 1.807) is 6.08 Å². The van der Waals surface area contributed by atoms with Gasteiger partial charge in [-0.05, 0) is 48.5 Å². The van der Waals surface area contributed by atoms with Crippen molar-refractivity contribution in [3.8, 4) is 11.8 Å². The Hall–Kier alpha value is -0.823. The molecule has 0 aromatic heterocycles. The highest BCUT2D eigenvalue weighted by Crippen LogP contribution is 2.38. The van der Waals surface area contributed by atoms with Crippen molar-refractivity contribution in [1.82, 2.24) is 0 Å². The predicted molar refractivity (Wildman–Crippen MR) is 102 cm³/mol. The number of hydrogen-bond donors (Lipinski definition) is 1. The molecule has 3 heteroatoms. The third-order valence-electron chi connectivity index (χ3n) is 4.97. The Kier molecular flexibility index (Phi) is 6.49. The van der Waals surface area contributed by atoms with Gasteiger partial charge in [-0.3, -0.25) is 0 Å². The Balaban J connectivity index is 3.09. The molecular weight excluding hydrogens is 300 g/mol. The second kappa shape index (κ2) is 7.38. The first-order chi connectivity index (χ1) is 10.3. The predicted octanol–water partition coefficient (Wildman–Crippen LogP) is 5.06. The molecule has 0 aliphatic heterocycles. The molecule has 23 heavy (non-hydrogen) atoms. The molecule has 1 rings (SSSR count). The number of aliphatic hydroxyl groups is 1. The summed E-state index contributed by atoms with van der Waals surface area (Å²) < 4.78 is 6.60. The number of allylic oxidation sites excluding steroid dienone is 2. The first-order valence-electron chi connectivity index (χ1n) is 8.54. The van der Waals surface area contributed by atoms with Crippen molar-refractivity contribution in [2.75, 3.05) is 0 Å². The normalized spacial score (nSPS) is 29.5. The van der Waals surface area contributed by atoms with E-state index in [2.05, 4.69) is 78.6 Å². The van der Waals surface area contributed by atoms with Crippen LogP contribution in [0.4, 0.5) is 0 Å². The van der Waals surface area contributed by atoms with Crippen molar-refractivity contribution < 1.29 is 9.53 Å². The van der Waals surface area contributed by atoms with E-state index in [0.717, 1.165) is 6.42 Å². The average molecular weight is 335 g/mol. The summed E-state index contributed by atoms with van der Waals surface area (Å²) in [6.07, 6.45) is 7.03. The van der Waals surface area contributed by atoms with Crippen molar-refractivity contribution in [3.05, 3.63) is 23.8 Å². The molecule has 1 aliphatic carbocycles. The van der Waals surface area contributed by atoms with Gasteiger partial charge in [-0.15, -0.1) is 0 Å². The molecule has 2 nitrogen and oxygen atoms in total. The van der Waals surface area contributed by atoms with Gasteiger partial charge in [0.05, 0.1) is 6.10 Å². The number of hydrogen-bond acceptors (Lipinski definition) is 2. The van der Waals surface area contributed by atoms with Gasteiger partial charge in [-0.1, -0.05) is 58.6 Å². The van der Waals surface area contributed by atoms with Crippen LogP contribution in [0.1, 0.15) is 54.4 Å². The lowest BCUT2D eigenvalue weighted by Crippen LogP contribution is -2.44. The molecule has 2 atom stereocenters. The van der Waals surface area contributed by atoms with Crippen LogP contribution in [0.15, 0.2) is 23.8 Å². The second-order valence-electron chi connectivity index (χ2n) is 8.84. The van der Waals surface area contributed by atoms with Crippen LogP contribution in [-0.4, -0.2) is 25.6 Å². The van der Waals surface area contributed by atoms with Crippen molar-refractivity contribution in [2.24, 2.45) is 5.41 Å². The molecule has 1 unspecified atom stereocenters. The highest BCUT2D eigenvalue weighted by molar-refractivity contribution is 6.74. The Morgan fingerprint density at radius 3 is 2.48 bits per heavy atom. The summed E-state index contributed by atoms with van der Waals surface area (Å²) in [5.74, 6) is 6.04. The van der Waals surface area contributed by atoms with Crippen LogP contribution in [0.5, 0.6) is 0 Å². The smallest absolute Gasteiger partial charge is 0.192 e. The molecule has 0 aromatic carbocycles. The molecule has 0 aromatic rings. The third kappa shape index (κ3) is 6.29. The zero-order chi connectivity index (χ0) is 17.9. The van der Waals surface area contributed by atoms with Crippen molar-refractivity contribution in [2.45, 2.75) is 84.7 Å². The zero-order valence-corrected chi connectivity index (χ0v) is 17.2. The number of rotatable bonds is 2. The largest absolute Gasteiger partial charge is 0.409 e. The van der Waals surface area contributed by atoms with Crippen molar-refractivity contribution in [1.29, 1.82) is 0 Å². The minimum atomic E-state index is -1.85. The van der Waals surface area contributed by atoms with Gasteiger partial charge in [0, 0.05) is 6.42 Å². The summed E-state index contributed by atoms with van der Waals surface area (Å²) in [6, 6.07) is 0. The lowest BCUT2D eigenvalue weighted by molar-refractivity contribution is 0.218. The van der Waals surface area contributed by atoms with E-state index in [1.807, 2.05) is 0 Å². The first-order valence-corrected chi connectivity index (χ1v) is 11.5. The monoisotopic (exact) mass is 334 g/mol. The quantitative estimate of drug-likeness (QED) is 0.434. The Morgan fingerprint density at radius 1 is 1.30 bits per heavy atom. The molecule has 0 saturated carbocycles. The van der Waals surface area contributed by atoms with Gasteiger partial charge in [-0.25, -0.2) is 0 Å². The number of aliphatic hydroxyl groups excluding tert-OH is 1. The van der Waals surface area contributed by atoms with Crippen LogP contribution in [0, 0.1) is 17.3 Å². The van der Waals surface area contributed by atoms with Crippen LogP contribution in [0.2, 0.25) is 18.1 Å². The third-order valence-corrected chi connectivity index (χ3v) is 9.45. The van der Waals surface area contributed by atoms with Crippen molar-refractivity contribution >= 4 is 8.32 Å². The summed E-state index contributed by atoms with van der Waals surface area (Å²) in [6.45, 7) is 17.8. The Labute approximate surface area is 144 Å². The van der Waals surface area contributed by atoms with E-state index in [4.69, 9.17) is 4.43 Å². The molecule has 0 bridgehead atoms. The topological polar surface area (TPSA) is 29.5 Å². The molecule has 0 fully saturated rings. The van der Waals surface area contributed by atoms with Gasteiger partial charge in [0.25, 0.3) is 0 Å². The maximum absolute atomic E-state index is 9.96. The molecule has 0 radical (unpaired) electrons. The maximum atomic E-state index is 9.96. The molecule has 0 amide bonds. The average Bonchev–Trinajstić information content (AvgIpc) is 2.41. The molecule has 0 spiro atoms. The summed E-state index contributed by atoms with van der Waals surface area (Å²) in [5, 5.41) is 10.1. The van der Waals surface area contributed by atoms with E-state index in [1.165, 1.54) is 5.57 Å². The lowest BCUT2D eigenvalue weighted by Gasteiger charge is -2.39. The van der Waals surface area contributed by atoms with Gasteiger partial charge in [0.1, 0.15) is 6.10 Å². The minimum absolute atomic E-state index is 0.00971. The van der Waals surface area contributed by atoms with Gasteiger partial charge in [0.2, 0.25) is 0 Å². The van der Waals surface area contributed by atoms with E-state index in [-0.39, 0.29) is 16.6 Å². The highest BCUT2D eigenvalue weighted by Gasteiger charge is 2.39. The van der Waals surface area contributed by atoms with Crippen molar-refractivity contribution in [3.63, 3.8) is 0 Å². The summed E-state index contributed by atoms with van der Waals surface area (Å²) in [4.78, 5) is 0. The summed E-state index contributed by atoms with van der Waals surface area (Å²) in [5.41, 5.74) is 1.26. The van der Waals surface area contributed by atoms with Gasteiger partial charge < -0.3 is 9.53 Å². The van der Waals surface area contributed by atoms with Crippen LogP contribution in [0.25, 0.3) is 0 Å². The van der Waals surface area contributed by atoms with E-state index in [9.17, 15) is 5.11 Å². The molecular formula is C20H34O2Si. The fourth-order valence-corrected chi connectivity index (χ4v) is 3.44.